The highest BCUT2D eigenvalue weighted by Gasteiger charge is 2.47. The van der Waals surface area contributed by atoms with Crippen LogP contribution in [-0.4, -0.2) is 64.0 Å². The third-order valence-corrected chi connectivity index (χ3v) is 12.4. The van der Waals surface area contributed by atoms with Crippen LogP contribution >= 0.6 is 19.6 Å². The first kappa shape index (κ1) is 45.9. The normalized spacial score (nSPS) is 17.1. The molecule has 5 aromatic rings. The summed E-state index contributed by atoms with van der Waals surface area (Å²) in [6.07, 6.45) is 11.2. The SMILES string of the molecule is C=CCOP(=O)(OCC=C)OCc1cccc2cccc(C(=O)O[C@@](Cn3cncn3)(c3ccc(F)cc3F)[C@@H](C)SC3COC(/C=C/C=C/c4ccc(C#N)cc4F)OC3)c12. The molecule has 17 heteroatoms. The van der Waals surface area contributed by atoms with Crippen LogP contribution in [0.2, 0.25) is 0 Å². The number of phosphoric ester groups is 1. The van der Waals surface area contributed by atoms with Gasteiger partial charge in [0.05, 0.1) is 62.0 Å². The van der Waals surface area contributed by atoms with E-state index in [1.807, 2.05) is 6.07 Å². The van der Waals surface area contributed by atoms with E-state index in [1.165, 1.54) is 59.4 Å². The number of hydrogen-bond acceptors (Lipinski definition) is 12. The van der Waals surface area contributed by atoms with Crippen LogP contribution in [0.15, 0.2) is 129 Å². The summed E-state index contributed by atoms with van der Waals surface area (Å²) < 4.78 is 94.7. The standard InChI is InChI=1S/C45H42F3N4O8PS/c1-4-20-57-61(54,58-21-5-2)59-25-35-13-8-11-34-12-9-14-38(43(34)35)44(53)60-45(28-52-30-50-29-51-52,39-19-18-36(46)23-41(39)48)31(3)62-37-26-55-42(56-27-37)15-7-6-10-33-17-16-32(24-49)22-40(33)47/h4-19,22-23,29-31,37,42H,1-2,20-21,25-28H2,3H3/b10-6+,15-7+/t31-,37?,42?,45-/m1/s1. The van der Waals surface area contributed by atoms with Crippen LogP contribution in [0.25, 0.3) is 16.8 Å². The molecule has 4 aromatic carbocycles. The fourth-order valence-electron chi connectivity index (χ4n) is 6.60. The molecule has 0 N–H and O–H groups in total. The van der Waals surface area contributed by atoms with Gasteiger partial charge in [0.2, 0.25) is 0 Å². The number of hydrogen-bond donors (Lipinski definition) is 0. The number of carbonyl (C=O) groups excluding carboxylic acids is 1. The molecular weight excluding hydrogens is 845 g/mol. The van der Waals surface area contributed by atoms with Gasteiger partial charge in [-0.05, 0) is 54.3 Å². The van der Waals surface area contributed by atoms with Crippen molar-refractivity contribution >= 4 is 42.4 Å². The second-order valence-electron chi connectivity index (χ2n) is 13.7. The minimum atomic E-state index is -4.11. The van der Waals surface area contributed by atoms with Crippen molar-refractivity contribution in [3.8, 4) is 6.07 Å². The highest BCUT2D eigenvalue weighted by atomic mass is 32.2. The number of ether oxygens (including phenoxy) is 3. The van der Waals surface area contributed by atoms with Crippen molar-refractivity contribution in [2.24, 2.45) is 0 Å². The summed E-state index contributed by atoms with van der Waals surface area (Å²) >= 11 is 1.31. The number of benzene rings is 4. The van der Waals surface area contributed by atoms with Crippen molar-refractivity contribution in [1.29, 1.82) is 5.26 Å². The molecule has 0 bridgehead atoms. The fraction of sp³-hybridized carbons (Fsp3) is 0.244. The number of nitrogens with zero attached hydrogens (tertiary/aromatic N) is 4. The summed E-state index contributed by atoms with van der Waals surface area (Å²) in [5, 5.41) is 13.1. The molecule has 12 nitrogen and oxygen atoms in total. The number of esters is 1. The Kier molecular flexibility index (Phi) is 15.9. The van der Waals surface area contributed by atoms with E-state index in [-0.39, 0.29) is 61.5 Å². The molecule has 0 spiro atoms. The van der Waals surface area contributed by atoms with Gasteiger partial charge in [-0.1, -0.05) is 66.8 Å². The molecule has 322 valence electrons. The van der Waals surface area contributed by atoms with Crippen LogP contribution in [0.1, 0.15) is 39.5 Å². The number of phosphoric acid groups is 1. The zero-order valence-corrected chi connectivity index (χ0v) is 35.2. The highest BCUT2D eigenvalue weighted by Crippen LogP contribution is 2.50. The van der Waals surface area contributed by atoms with Crippen LogP contribution in [0.3, 0.4) is 0 Å². The predicted octanol–water partition coefficient (Wildman–Crippen LogP) is 9.64. The summed E-state index contributed by atoms with van der Waals surface area (Å²) in [7, 11) is -4.11. The first-order valence-corrected chi connectivity index (χ1v) is 21.6. The zero-order chi connectivity index (χ0) is 44.1. The summed E-state index contributed by atoms with van der Waals surface area (Å²) in [6.45, 7) is 8.50. The van der Waals surface area contributed by atoms with Crippen LogP contribution < -0.4 is 0 Å². The average molecular weight is 887 g/mol. The molecule has 1 saturated heterocycles. The molecular formula is C45H42F3N4O8PS. The lowest BCUT2D eigenvalue weighted by atomic mass is 9.89. The van der Waals surface area contributed by atoms with Crippen LogP contribution in [0, 0.1) is 28.8 Å². The maximum absolute atomic E-state index is 16.2. The van der Waals surface area contributed by atoms with Crippen LogP contribution in [-0.2, 0) is 51.1 Å². The second kappa shape index (κ2) is 21.4. The van der Waals surface area contributed by atoms with Crippen molar-refractivity contribution in [3.05, 3.63) is 174 Å². The van der Waals surface area contributed by atoms with E-state index in [0.717, 1.165) is 18.2 Å². The molecule has 6 rings (SSSR count). The van der Waals surface area contributed by atoms with Crippen LogP contribution in [0.5, 0.6) is 0 Å². The molecule has 62 heavy (non-hydrogen) atoms. The van der Waals surface area contributed by atoms with E-state index < -0.39 is 48.4 Å². The molecule has 0 amide bonds. The minimum absolute atomic E-state index is 0.0770. The third-order valence-electron chi connectivity index (χ3n) is 9.55. The van der Waals surface area contributed by atoms with Gasteiger partial charge in [-0.15, -0.1) is 24.9 Å². The van der Waals surface area contributed by atoms with Gasteiger partial charge in [-0.25, -0.2) is 32.2 Å². The Morgan fingerprint density at radius 2 is 1.76 bits per heavy atom. The molecule has 1 aliphatic rings. The Balaban J connectivity index is 1.28. The zero-order valence-electron chi connectivity index (χ0n) is 33.5. The smallest absolute Gasteiger partial charge is 0.447 e. The lowest BCUT2D eigenvalue weighted by Gasteiger charge is -2.40. The molecule has 1 aliphatic heterocycles. The van der Waals surface area contributed by atoms with Crippen molar-refractivity contribution in [1.82, 2.24) is 14.8 Å². The summed E-state index contributed by atoms with van der Waals surface area (Å²) in [5.41, 5.74) is -0.929. The Hall–Kier alpha value is -5.63. The van der Waals surface area contributed by atoms with Gasteiger partial charge < -0.3 is 14.2 Å². The number of fused-ring (bicyclic) bond motifs is 1. The quantitative estimate of drug-likeness (QED) is 0.0318. The molecule has 2 atom stereocenters. The first-order valence-electron chi connectivity index (χ1n) is 19.2. The molecule has 0 radical (unpaired) electrons. The van der Waals surface area contributed by atoms with E-state index in [2.05, 4.69) is 23.2 Å². The molecule has 0 saturated carbocycles. The second-order valence-corrected chi connectivity index (χ2v) is 17.0. The molecule has 2 heterocycles. The van der Waals surface area contributed by atoms with Crippen molar-refractivity contribution in [2.75, 3.05) is 26.4 Å². The van der Waals surface area contributed by atoms with Gasteiger partial charge in [-0.3, -0.25) is 13.6 Å². The van der Waals surface area contributed by atoms with E-state index in [4.69, 9.17) is 33.0 Å². The third kappa shape index (κ3) is 11.4. The van der Waals surface area contributed by atoms with Gasteiger partial charge in [0.25, 0.3) is 0 Å². The highest BCUT2D eigenvalue weighted by molar-refractivity contribution is 8.00. The summed E-state index contributed by atoms with van der Waals surface area (Å²) in [4.78, 5) is 18.8. The number of allylic oxidation sites excluding steroid dienone is 2. The number of thioether (sulfide) groups is 1. The van der Waals surface area contributed by atoms with Gasteiger partial charge in [0.15, 0.2) is 11.9 Å². The van der Waals surface area contributed by atoms with E-state index in [1.54, 1.807) is 67.6 Å². The lowest BCUT2D eigenvalue weighted by molar-refractivity contribution is -0.146. The largest absolute Gasteiger partial charge is 0.475 e. The summed E-state index contributed by atoms with van der Waals surface area (Å²) in [6, 6.07) is 19.3. The molecule has 1 fully saturated rings. The van der Waals surface area contributed by atoms with Crippen molar-refractivity contribution < 1.29 is 50.3 Å². The van der Waals surface area contributed by atoms with E-state index in [0.29, 0.717) is 21.9 Å². The minimum Gasteiger partial charge on any atom is -0.447 e. The number of halogens is 3. The number of nitriles is 1. The Bertz CT molecular complexity index is 2510. The van der Waals surface area contributed by atoms with Crippen LogP contribution in [0.4, 0.5) is 13.2 Å². The Labute approximate surface area is 360 Å². The topological polar surface area (TPSA) is 144 Å². The van der Waals surface area contributed by atoms with Gasteiger partial charge in [0, 0.05) is 27.8 Å². The van der Waals surface area contributed by atoms with E-state index >= 15 is 4.39 Å². The maximum Gasteiger partial charge on any atom is 0.475 e. The van der Waals surface area contributed by atoms with Gasteiger partial charge in [-0.2, -0.15) is 10.4 Å². The monoisotopic (exact) mass is 886 g/mol. The van der Waals surface area contributed by atoms with E-state index in [9.17, 15) is 18.1 Å². The van der Waals surface area contributed by atoms with Gasteiger partial charge in [0.1, 0.15) is 30.1 Å². The molecule has 0 aliphatic carbocycles. The fourth-order valence-corrected chi connectivity index (χ4v) is 9.06. The Morgan fingerprint density at radius 3 is 2.42 bits per heavy atom. The number of rotatable bonds is 20. The average Bonchev–Trinajstić information content (AvgIpc) is 3.79. The molecule has 1 aromatic heterocycles. The predicted molar refractivity (Wildman–Crippen MR) is 228 cm³/mol. The Morgan fingerprint density at radius 1 is 1.02 bits per heavy atom. The first-order chi connectivity index (χ1) is 30.0. The van der Waals surface area contributed by atoms with Crippen molar-refractivity contribution in [2.45, 2.75) is 42.5 Å². The van der Waals surface area contributed by atoms with Gasteiger partial charge >= 0.3 is 13.8 Å². The maximum atomic E-state index is 16.2. The lowest BCUT2D eigenvalue weighted by Crippen LogP contribution is -2.47. The van der Waals surface area contributed by atoms with Crippen molar-refractivity contribution in [3.63, 3.8) is 0 Å². The number of aromatic nitrogens is 3. The molecule has 0 unspecified atom stereocenters. The summed E-state index contributed by atoms with van der Waals surface area (Å²) in [5.74, 6) is -3.17. The number of carbonyl (C=O) groups is 1.